The van der Waals surface area contributed by atoms with Crippen molar-refractivity contribution in [2.24, 2.45) is 0 Å². The molecule has 0 spiro atoms. The van der Waals surface area contributed by atoms with E-state index in [-0.39, 0.29) is 6.03 Å². The summed E-state index contributed by atoms with van der Waals surface area (Å²) in [7, 11) is 1.72. The summed E-state index contributed by atoms with van der Waals surface area (Å²) in [6.07, 6.45) is 1.69. The number of para-hydroxylation sites is 1. The van der Waals surface area contributed by atoms with Crippen molar-refractivity contribution >= 4 is 11.7 Å². The van der Waals surface area contributed by atoms with Crippen LogP contribution in [-0.4, -0.2) is 24.5 Å². The molecule has 0 saturated heterocycles. The largest absolute Gasteiger partial charge is 0.324 e. The van der Waals surface area contributed by atoms with Gasteiger partial charge >= 0.3 is 6.03 Å². The fraction of sp³-hybridized carbons (Fsp3) is 0.182. The predicted octanol–water partition coefficient (Wildman–Crippen LogP) is 2.34. The highest BCUT2D eigenvalue weighted by Crippen LogP contribution is 2.05. The van der Waals surface area contributed by atoms with Gasteiger partial charge in [0.1, 0.15) is 0 Å². The molecule has 0 bridgehead atoms. The van der Waals surface area contributed by atoms with Crippen LogP contribution in [0.4, 0.5) is 10.5 Å². The van der Waals surface area contributed by atoms with E-state index in [1.807, 2.05) is 30.3 Å². The lowest BCUT2D eigenvalue weighted by atomic mass is 10.3. The van der Waals surface area contributed by atoms with Gasteiger partial charge in [0.2, 0.25) is 0 Å². The first-order valence-electron chi connectivity index (χ1n) is 4.42. The fourth-order valence-electron chi connectivity index (χ4n) is 1.02. The molecule has 1 aromatic carbocycles. The lowest BCUT2D eigenvalue weighted by Crippen LogP contribution is -2.31. The van der Waals surface area contributed by atoms with E-state index >= 15 is 0 Å². The minimum Gasteiger partial charge on any atom is -0.324 e. The molecule has 2 amide bonds. The van der Waals surface area contributed by atoms with Crippen LogP contribution in [0, 0.1) is 0 Å². The molecular formula is C11H14N2O. The zero-order valence-corrected chi connectivity index (χ0v) is 8.23. The van der Waals surface area contributed by atoms with Gasteiger partial charge < -0.3 is 10.2 Å². The zero-order valence-electron chi connectivity index (χ0n) is 8.23. The van der Waals surface area contributed by atoms with E-state index in [0.717, 1.165) is 5.69 Å². The average molecular weight is 190 g/mol. The SMILES string of the molecule is C=CCN(C)C(=O)Nc1ccccc1. The van der Waals surface area contributed by atoms with Gasteiger partial charge in [0.05, 0.1) is 0 Å². The van der Waals surface area contributed by atoms with Crippen molar-refractivity contribution in [3.8, 4) is 0 Å². The van der Waals surface area contributed by atoms with Crippen molar-refractivity contribution in [1.29, 1.82) is 0 Å². The zero-order chi connectivity index (χ0) is 10.4. The van der Waals surface area contributed by atoms with Gasteiger partial charge in [-0.05, 0) is 12.1 Å². The number of amides is 2. The molecule has 1 N–H and O–H groups in total. The third-order valence-corrected chi connectivity index (χ3v) is 1.77. The molecule has 0 aromatic heterocycles. The van der Waals surface area contributed by atoms with Crippen LogP contribution in [-0.2, 0) is 0 Å². The molecule has 0 fully saturated rings. The van der Waals surface area contributed by atoms with E-state index in [1.165, 1.54) is 0 Å². The highest BCUT2D eigenvalue weighted by molar-refractivity contribution is 5.89. The average Bonchev–Trinajstić information content (AvgIpc) is 2.19. The number of carbonyl (C=O) groups excluding carboxylic acids is 1. The first-order chi connectivity index (χ1) is 6.74. The quantitative estimate of drug-likeness (QED) is 0.729. The van der Waals surface area contributed by atoms with Crippen LogP contribution in [0.2, 0.25) is 0 Å². The summed E-state index contributed by atoms with van der Waals surface area (Å²) < 4.78 is 0. The Balaban J connectivity index is 2.53. The number of urea groups is 1. The van der Waals surface area contributed by atoms with Gasteiger partial charge in [-0.2, -0.15) is 0 Å². The van der Waals surface area contributed by atoms with Gasteiger partial charge in [-0.1, -0.05) is 24.3 Å². The number of carbonyl (C=O) groups is 1. The molecule has 0 aliphatic rings. The Kier molecular flexibility index (Phi) is 3.73. The molecule has 0 saturated carbocycles. The number of hydrogen-bond donors (Lipinski definition) is 1. The number of anilines is 1. The second-order valence-corrected chi connectivity index (χ2v) is 2.97. The van der Waals surface area contributed by atoms with Gasteiger partial charge in [0.15, 0.2) is 0 Å². The number of hydrogen-bond acceptors (Lipinski definition) is 1. The van der Waals surface area contributed by atoms with Gasteiger partial charge in [0.25, 0.3) is 0 Å². The van der Waals surface area contributed by atoms with Crippen LogP contribution in [0.1, 0.15) is 0 Å². The van der Waals surface area contributed by atoms with E-state index in [0.29, 0.717) is 6.54 Å². The molecule has 3 heteroatoms. The van der Waals surface area contributed by atoms with Crippen LogP contribution in [0.25, 0.3) is 0 Å². The molecule has 1 rings (SSSR count). The number of nitrogens with zero attached hydrogens (tertiary/aromatic N) is 1. The summed E-state index contributed by atoms with van der Waals surface area (Å²) in [5.41, 5.74) is 0.799. The van der Waals surface area contributed by atoms with E-state index in [9.17, 15) is 4.79 Å². The third-order valence-electron chi connectivity index (χ3n) is 1.77. The molecule has 3 nitrogen and oxygen atoms in total. The van der Waals surface area contributed by atoms with Crippen molar-refractivity contribution in [1.82, 2.24) is 4.90 Å². The van der Waals surface area contributed by atoms with Crippen molar-refractivity contribution in [2.45, 2.75) is 0 Å². The summed E-state index contributed by atoms with van der Waals surface area (Å²) in [5, 5.41) is 2.77. The Morgan fingerprint density at radius 2 is 2.14 bits per heavy atom. The van der Waals surface area contributed by atoms with Gasteiger partial charge in [-0.15, -0.1) is 6.58 Å². The fourth-order valence-corrected chi connectivity index (χ4v) is 1.02. The molecule has 0 aliphatic heterocycles. The number of likely N-dealkylation sites (N-methyl/N-ethyl adjacent to an activating group) is 1. The number of rotatable bonds is 3. The van der Waals surface area contributed by atoms with Crippen LogP contribution in [0.5, 0.6) is 0 Å². The summed E-state index contributed by atoms with van der Waals surface area (Å²) in [4.78, 5) is 13.0. The third kappa shape index (κ3) is 2.94. The highest BCUT2D eigenvalue weighted by atomic mass is 16.2. The minimum absolute atomic E-state index is 0.129. The second kappa shape index (κ2) is 5.07. The first-order valence-corrected chi connectivity index (χ1v) is 4.42. The maximum atomic E-state index is 11.5. The molecular weight excluding hydrogens is 176 g/mol. The Bertz CT molecular complexity index is 308. The normalized spacial score (nSPS) is 9.21. The molecule has 0 unspecified atom stereocenters. The highest BCUT2D eigenvalue weighted by Gasteiger charge is 2.05. The van der Waals surface area contributed by atoms with Gasteiger partial charge in [-0.25, -0.2) is 4.79 Å². The number of benzene rings is 1. The van der Waals surface area contributed by atoms with Crippen molar-refractivity contribution in [3.05, 3.63) is 43.0 Å². The molecule has 1 aromatic rings. The maximum absolute atomic E-state index is 11.5. The Morgan fingerprint density at radius 3 is 2.71 bits per heavy atom. The lowest BCUT2D eigenvalue weighted by Gasteiger charge is -2.15. The second-order valence-electron chi connectivity index (χ2n) is 2.97. The molecule has 0 aliphatic carbocycles. The number of nitrogens with one attached hydrogen (secondary N) is 1. The van der Waals surface area contributed by atoms with Crippen LogP contribution in [0.3, 0.4) is 0 Å². The van der Waals surface area contributed by atoms with Crippen molar-refractivity contribution < 1.29 is 4.79 Å². The van der Waals surface area contributed by atoms with Gasteiger partial charge in [-0.3, -0.25) is 0 Å². The maximum Gasteiger partial charge on any atom is 0.321 e. The molecule has 0 radical (unpaired) electrons. The standard InChI is InChI=1S/C11H14N2O/c1-3-9-13(2)11(14)12-10-7-5-4-6-8-10/h3-8H,1,9H2,2H3,(H,12,14). The molecule has 74 valence electrons. The lowest BCUT2D eigenvalue weighted by molar-refractivity contribution is 0.226. The smallest absolute Gasteiger partial charge is 0.321 e. The Labute approximate surface area is 84.0 Å². The minimum atomic E-state index is -0.129. The van der Waals surface area contributed by atoms with E-state index < -0.39 is 0 Å². The summed E-state index contributed by atoms with van der Waals surface area (Å²) in [5.74, 6) is 0. The van der Waals surface area contributed by atoms with Crippen molar-refractivity contribution in [2.75, 3.05) is 18.9 Å². The summed E-state index contributed by atoms with van der Waals surface area (Å²) in [6, 6.07) is 9.23. The van der Waals surface area contributed by atoms with Crippen LogP contribution in [0.15, 0.2) is 43.0 Å². The van der Waals surface area contributed by atoms with Crippen molar-refractivity contribution in [3.63, 3.8) is 0 Å². The Hall–Kier alpha value is -1.77. The van der Waals surface area contributed by atoms with E-state index in [4.69, 9.17) is 0 Å². The first kappa shape index (κ1) is 10.3. The van der Waals surface area contributed by atoms with E-state index in [1.54, 1.807) is 18.0 Å². The topological polar surface area (TPSA) is 32.3 Å². The summed E-state index contributed by atoms with van der Waals surface area (Å²) >= 11 is 0. The van der Waals surface area contributed by atoms with Crippen LogP contribution < -0.4 is 5.32 Å². The summed E-state index contributed by atoms with van der Waals surface area (Å²) in [6.45, 7) is 4.11. The van der Waals surface area contributed by atoms with E-state index in [2.05, 4.69) is 11.9 Å². The molecule has 0 atom stereocenters. The molecule has 14 heavy (non-hydrogen) atoms. The predicted molar refractivity (Wildman–Crippen MR) is 58.3 cm³/mol. The Morgan fingerprint density at radius 1 is 1.50 bits per heavy atom. The molecule has 0 heterocycles. The van der Waals surface area contributed by atoms with Crippen LogP contribution >= 0.6 is 0 Å². The van der Waals surface area contributed by atoms with Gasteiger partial charge in [0, 0.05) is 19.3 Å². The monoisotopic (exact) mass is 190 g/mol.